The van der Waals surface area contributed by atoms with E-state index in [-0.39, 0.29) is 11.3 Å². The van der Waals surface area contributed by atoms with E-state index in [1.165, 1.54) is 32.1 Å². The van der Waals surface area contributed by atoms with Crippen LogP contribution in [0.1, 0.15) is 71.3 Å². The molecule has 0 aromatic carbocycles. The first-order valence-corrected chi connectivity index (χ1v) is 9.09. The van der Waals surface area contributed by atoms with Crippen LogP contribution in [-0.2, 0) is 10.2 Å². The molecule has 1 aliphatic rings. The summed E-state index contributed by atoms with van der Waals surface area (Å²) in [6.07, 6.45) is 11.7. The number of carbonyl (C=O) groups is 1. The summed E-state index contributed by atoms with van der Waals surface area (Å²) in [4.78, 5) is 16.9. The highest BCUT2D eigenvalue weighted by molar-refractivity contribution is 5.91. The zero-order chi connectivity index (χ0) is 17.2. The van der Waals surface area contributed by atoms with Crippen molar-refractivity contribution >= 4 is 17.4 Å². The molecule has 1 saturated carbocycles. The third-order valence-electron chi connectivity index (χ3n) is 4.91. The van der Waals surface area contributed by atoms with Crippen LogP contribution in [0.5, 0.6) is 0 Å². The van der Waals surface area contributed by atoms with E-state index in [0.29, 0.717) is 18.2 Å². The fourth-order valence-electron chi connectivity index (χ4n) is 3.67. The minimum atomic E-state index is -0.137. The molecule has 1 fully saturated rings. The molecular formula is C19H28N4O. The Hall–Kier alpha value is -1.91. The molecule has 0 spiro atoms. The van der Waals surface area contributed by atoms with Gasteiger partial charge in [0.05, 0.1) is 0 Å². The summed E-state index contributed by atoms with van der Waals surface area (Å²) in [6, 6.07) is 1.85. The second kappa shape index (κ2) is 6.91. The van der Waals surface area contributed by atoms with E-state index in [1.54, 1.807) is 10.7 Å². The molecule has 2 aromatic heterocycles. The Kier molecular flexibility index (Phi) is 4.88. The van der Waals surface area contributed by atoms with E-state index in [9.17, 15) is 4.79 Å². The molecule has 5 nitrogen and oxygen atoms in total. The second-order valence-corrected chi connectivity index (χ2v) is 7.95. The minimum absolute atomic E-state index is 0.0643. The van der Waals surface area contributed by atoms with Crippen LogP contribution in [0, 0.1) is 5.92 Å². The molecule has 1 amide bonds. The maximum Gasteiger partial charge on any atom is 0.225 e. The van der Waals surface area contributed by atoms with Crippen molar-refractivity contribution in [3.63, 3.8) is 0 Å². The van der Waals surface area contributed by atoms with E-state index in [1.807, 2.05) is 12.3 Å². The molecule has 1 aliphatic carbocycles. The van der Waals surface area contributed by atoms with Crippen LogP contribution in [0.3, 0.4) is 0 Å². The maximum absolute atomic E-state index is 12.4. The molecule has 0 atom stereocenters. The van der Waals surface area contributed by atoms with Crippen LogP contribution in [0.15, 0.2) is 18.5 Å². The Morgan fingerprint density at radius 2 is 2.04 bits per heavy atom. The number of hydrogen-bond donors (Lipinski definition) is 1. The predicted octanol–water partition coefficient (Wildman–Crippen LogP) is 4.33. The molecule has 0 aliphatic heterocycles. The van der Waals surface area contributed by atoms with Crippen molar-refractivity contribution in [2.75, 3.05) is 5.32 Å². The summed E-state index contributed by atoms with van der Waals surface area (Å²) in [7, 11) is 0. The van der Waals surface area contributed by atoms with Gasteiger partial charge < -0.3 is 5.32 Å². The molecule has 0 bridgehead atoms. The number of anilines is 1. The van der Waals surface area contributed by atoms with Crippen LogP contribution in [0.25, 0.3) is 5.65 Å². The lowest BCUT2D eigenvalue weighted by molar-refractivity contribution is -0.116. The Morgan fingerprint density at radius 1 is 1.29 bits per heavy atom. The van der Waals surface area contributed by atoms with Gasteiger partial charge >= 0.3 is 0 Å². The van der Waals surface area contributed by atoms with Crippen LogP contribution in [0.4, 0.5) is 5.82 Å². The van der Waals surface area contributed by atoms with Crippen LogP contribution in [-0.4, -0.2) is 20.5 Å². The highest BCUT2D eigenvalue weighted by Crippen LogP contribution is 2.32. The number of aromatic nitrogens is 3. The van der Waals surface area contributed by atoms with Crippen molar-refractivity contribution in [3.8, 4) is 0 Å². The van der Waals surface area contributed by atoms with Gasteiger partial charge in [0.2, 0.25) is 5.91 Å². The molecule has 2 aromatic rings. The van der Waals surface area contributed by atoms with Crippen molar-refractivity contribution in [1.82, 2.24) is 14.6 Å². The van der Waals surface area contributed by atoms with Gasteiger partial charge in [0.15, 0.2) is 11.5 Å². The number of hydrogen-bond acceptors (Lipinski definition) is 3. The van der Waals surface area contributed by atoms with E-state index < -0.39 is 0 Å². The zero-order valence-electron chi connectivity index (χ0n) is 15.0. The van der Waals surface area contributed by atoms with Gasteiger partial charge in [-0.3, -0.25) is 4.79 Å². The molecule has 2 heterocycles. The number of fused-ring (bicyclic) bond motifs is 1. The molecule has 0 radical (unpaired) electrons. The topological polar surface area (TPSA) is 59.3 Å². The largest absolute Gasteiger partial charge is 0.309 e. The van der Waals surface area contributed by atoms with Gasteiger partial charge in [-0.1, -0.05) is 52.9 Å². The first-order valence-electron chi connectivity index (χ1n) is 9.09. The number of nitrogens with one attached hydrogen (secondary N) is 1. The molecule has 0 saturated heterocycles. The summed E-state index contributed by atoms with van der Waals surface area (Å²) < 4.78 is 1.75. The lowest BCUT2D eigenvalue weighted by Crippen LogP contribution is -2.19. The Morgan fingerprint density at radius 3 is 2.75 bits per heavy atom. The first-order chi connectivity index (χ1) is 11.4. The zero-order valence-corrected chi connectivity index (χ0v) is 15.0. The molecule has 1 N–H and O–H groups in total. The van der Waals surface area contributed by atoms with Gasteiger partial charge in [-0.05, 0) is 23.8 Å². The Labute approximate surface area is 143 Å². The average Bonchev–Trinajstić information content (AvgIpc) is 2.91. The second-order valence-electron chi connectivity index (χ2n) is 7.95. The van der Waals surface area contributed by atoms with Gasteiger partial charge in [0.25, 0.3) is 0 Å². The van der Waals surface area contributed by atoms with Gasteiger partial charge in [-0.15, -0.1) is 5.10 Å². The minimum Gasteiger partial charge on any atom is -0.309 e. The smallest absolute Gasteiger partial charge is 0.225 e. The molecule has 130 valence electrons. The average molecular weight is 328 g/mol. The summed E-state index contributed by atoms with van der Waals surface area (Å²) in [5, 5.41) is 7.57. The summed E-state index contributed by atoms with van der Waals surface area (Å²) in [5.41, 5.74) is 1.67. The molecule has 3 rings (SSSR count). The van der Waals surface area contributed by atoms with Crippen molar-refractivity contribution in [3.05, 3.63) is 24.0 Å². The number of nitrogens with zero attached hydrogens (tertiary/aromatic N) is 3. The molecule has 5 heteroatoms. The van der Waals surface area contributed by atoms with E-state index in [2.05, 4.69) is 36.2 Å². The van der Waals surface area contributed by atoms with Crippen LogP contribution < -0.4 is 5.32 Å². The van der Waals surface area contributed by atoms with E-state index >= 15 is 0 Å². The van der Waals surface area contributed by atoms with Crippen molar-refractivity contribution in [2.24, 2.45) is 5.92 Å². The van der Waals surface area contributed by atoms with Crippen molar-refractivity contribution < 1.29 is 4.79 Å². The molecular weight excluding hydrogens is 300 g/mol. The van der Waals surface area contributed by atoms with Gasteiger partial charge in [0.1, 0.15) is 0 Å². The fourth-order valence-corrected chi connectivity index (χ4v) is 3.67. The van der Waals surface area contributed by atoms with Gasteiger partial charge in [-0.25, -0.2) is 9.50 Å². The predicted molar refractivity (Wildman–Crippen MR) is 96.1 cm³/mol. The Bertz CT molecular complexity index is 708. The van der Waals surface area contributed by atoms with Crippen molar-refractivity contribution in [2.45, 2.75) is 71.1 Å². The van der Waals surface area contributed by atoms with E-state index in [4.69, 9.17) is 0 Å². The summed E-state index contributed by atoms with van der Waals surface area (Å²) in [5.74, 6) is 1.43. The quantitative estimate of drug-likeness (QED) is 0.909. The SMILES string of the molecule is CC(C)(C)c1c(NC(=O)CCC2CCCCC2)nn2cccnc12. The third kappa shape index (κ3) is 3.77. The van der Waals surface area contributed by atoms with Crippen LogP contribution in [0.2, 0.25) is 0 Å². The maximum atomic E-state index is 12.4. The normalized spacial score (nSPS) is 16.5. The lowest BCUT2D eigenvalue weighted by atomic mass is 9.86. The first kappa shape index (κ1) is 16.9. The van der Waals surface area contributed by atoms with Gasteiger partial charge in [-0.2, -0.15) is 0 Å². The number of rotatable bonds is 4. The van der Waals surface area contributed by atoms with E-state index in [0.717, 1.165) is 17.6 Å². The lowest BCUT2D eigenvalue weighted by Gasteiger charge is -2.21. The standard InChI is InChI=1S/C19H28N4O/c1-19(2,3)16-17(22-23-13-7-12-20-18(16)23)21-15(24)11-10-14-8-5-4-6-9-14/h7,12-14H,4-6,8-11H2,1-3H3,(H,21,22,24). The Balaban J connectivity index is 1.73. The molecule has 0 unspecified atom stereocenters. The van der Waals surface area contributed by atoms with Crippen molar-refractivity contribution in [1.29, 1.82) is 0 Å². The summed E-state index contributed by atoms with van der Waals surface area (Å²) >= 11 is 0. The highest BCUT2D eigenvalue weighted by atomic mass is 16.1. The monoisotopic (exact) mass is 328 g/mol. The summed E-state index contributed by atoms with van der Waals surface area (Å²) in [6.45, 7) is 6.36. The molecule has 24 heavy (non-hydrogen) atoms. The van der Waals surface area contributed by atoms with Crippen LogP contribution >= 0.6 is 0 Å². The highest BCUT2D eigenvalue weighted by Gasteiger charge is 2.26. The third-order valence-corrected chi connectivity index (χ3v) is 4.91. The van der Waals surface area contributed by atoms with Gasteiger partial charge in [0, 0.05) is 24.4 Å². The number of amides is 1. The number of carbonyl (C=O) groups excluding carboxylic acids is 1. The fraction of sp³-hybridized carbons (Fsp3) is 0.632.